The molecule has 0 radical (unpaired) electrons. The molecule has 0 aromatic carbocycles. The Balaban J connectivity index is 2.37. The van der Waals surface area contributed by atoms with Gasteiger partial charge >= 0.3 is 0 Å². The van der Waals surface area contributed by atoms with Gasteiger partial charge in [-0.1, -0.05) is 12.2 Å². The number of hydrogen-bond donors (Lipinski definition) is 1. The molecule has 0 aliphatic rings. The largest absolute Gasteiger partial charge is 0.495 e. The van der Waals surface area contributed by atoms with Crippen molar-refractivity contribution in [1.82, 2.24) is 15.0 Å². The molecule has 0 spiro atoms. The van der Waals surface area contributed by atoms with Crippen molar-refractivity contribution in [3.8, 4) is 17.0 Å². The van der Waals surface area contributed by atoms with Crippen LogP contribution in [0, 0.1) is 4.64 Å². The zero-order valence-corrected chi connectivity index (χ0v) is 11.7. The Kier molecular flexibility index (Phi) is 4.59. The van der Waals surface area contributed by atoms with E-state index in [0.29, 0.717) is 29.4 Å². The second kappa shape index (κ2) is 6.40. The monoisotopic (exact) mass is 277 g/mol. The molecule has 0 fully saturated rings. The van der Waals surface area contributed by atoms with E-state index >= 15 is 0 Å². The van der Waals surface area contributed by atoms with Crippen LogP contribution in [0.4, 0.5) is 0 Å². The molecule has 0 bridgehead atoms. The first-order valence-corrected chi connectivity index (χ1v) is 6.31. The van der Waals surface area contributed by atoms with Crippen molar-refractivity contribution in [3.63, 3.8) is 0 Å². The van der Waals surface area contributed by atoms with E-state index in [-0.39, 0.29) is 0 Å². The van der Waals surface area contributed by atoms with Crippen LogP contribution in [0.15, 0.2) is 24.5 Å². The third-order valence-corrected chi connectivity index (χ3v) is 2.70. The lowest BCUT2D eigenvalue weighted by molar-refractivity contribution is 0.128. The third-order valence-electron chi connectivity index (χ3n) is 2.49. The van der Waals surface area contributed by atoms with Gasteiger partial charge in [0.2, 0.25) is 0 Å². The zero-order chi connectivity index (χ0) is 13.7. The lowest BCUT2D eigenvalue weighted by Gasteiger charge is -2.07. The van der Waals surface area contributed by atoms with Gasteiger partial charge in [-0.3, -0.25) is 4.98 Å². The quantitative estimate of drug-likeness (QED) is 0.851. The van der Waals surface area contributed by atoms with Crippen LogP contribution < -0.4 is 4.74 Å². The number of H-pyrrole nitrogens is 1. The molecule has 1 N–H and O–H groups in total. The molecule has 100 valence electrons. The predicted molar refractivity (Wildman–Crippen MR) is 74.5 cm³/mol. The number of ether oxygens (including phenoxy) is 2. The van der Waals surface area contributed by atoms with E-state index in [1.54, 1.807) is 25.6 Å². The minimum Gasteiger partial charge on any atom is -0.495 e. The minimum atomic E-state index is 0.408. The van der Waals surface area contributed by atoms with E-state index in [0.717, 1.165) is 11.3 Å². The predicted octanol–water partition coefficient (Wildman–Crippen LogP) is 2.75. The van der Waals surface area contributed by atoms with Gasteiger partial charge in [0.1, 0.15) is 22.8 Å². The lowest BCUT2D eigenvalue weighted by atomic mass is 10.2. The number of hydrogen-bond acceptors (Lipinski definition) is 5. The topological polar surface area (TPSA) is 60.0 Å². The highest BCUT2D eigenvalue weighted by Gasteiger charge is 2.04. The Labute approximate surface area is 116 Å². The summed E-state index contributed by atoms with van der Waals surface area (Å²) >= 11 is 5.16. The molecule has 0 saturated carbocycles. The first-order valence-electron chi connectivity index (χ1n) is 5.90. The van der Waals surface area contributed by atoms with E-state index in [9.17, 15) is 0 Å². The van der Waals surface area contributed by atoms with Gasteiger partial charge in [-0.25, -0.2) is 4.98 Å². The van der Waals surface area contributed by atoms with Crippen LogP contribution >= 0.6 is 12.2 Å². The average molecular weight is 277 g/mol. The van der Waals surface area contributed by atoms with Gasteiger partial charge in [0.15, 0.2) is 0 Å². The van der Waals surface area contributed by atoms with Crippen molar-refractivity contribution in [3.05, 3.63) is 35.0 Å². The summed E-state index contributed by atoms with van der Waals surface area (Å²) in [6, 6.07) is 3.68. The third kappa shape index (κ3) is 3.59. The molecular formula is C13H15N3O2S. The first kappa shape index (κ1) is 13.6. The average Bonchev–Trinajstić information content (AvgIpc) is 2.44. The summed E-state index contributed by atoms with van der Waals surface area (Å²) < 4.78 is 11.0. The second-order valence-corrected chi connectivity index (χ2v) is 4.25. The summed E-state index contributed by atoms with van der Waals surface area (Å²) in [6.45, 7) is 2.98. The van der Waals surface area contributed by atoms with E-state index in [4.69, 9.17) is 21.7 Å². The van der Waals surface area contributed by atoms with Gasteiger partial charge in [-0.05, 0) is 19.1 Å². The maximum Gasteiger partial charge on any atom is 0.137 e. The van der Waals surface area contributed by atoms with E-state index in [2.05, 4.69) is 15.0 Å². The minimum absolute atomic E-state index is 0.408. The van der Waals surface area contributed by atoms with Gasteiger partial charge in [0.05, 0.1) is 19.0 Å². The number of methoxy groups -OCH3 is 1. The first-order chi connectivity index (χ1) is 9.22. The summed E-state index contributed by atoms with van der Waals surface area (Å²) in [5.74, 6) is 1.40. The number of rotatable bonds is 5. The molecule has 0 unspecified atom stereocenters. The van der Waals surface area contributed by atoms with Gasteiger partial charge in [0.25, 0.3) is 0 Å². The molecule has 5 nitrogen and oxygen atoms in total. The van der Waals surface area contributed by atoms with E-state index < -0.39 is 0 Å². The number of nitrogens with zero attached hydrogens (tertiary/aromatic N) is 2. The normalized spacial score (nSPS) is 10.4. The highest BCUT2D eigenvalue weighted by Crippen LogP contribution is 2.20. The fourth-order valence-electron chi connectivity index (χ4n) is 1.61. The van der Waals surface area contributed by atoms with Crippen LogP contribution in [-0.2, 0) is 11.3 Å². The SMILES string of the molecule is CCOCc1nc(=S)cc(-c2cncc(OC)c2)[nH]1. The van der Waals surface area contributed by atoms with E-state index in [1.807, 2.05) is 13.0 Å². The van der Waals surface area contributed by atoms with Gasteiger partial charge in [-0.15, -0.1) is 0 Å². The number of aromatic nitrogens is 3. The van der Waals surface area contributed by atoms with Crippen LogP contribution in [0.25, 0.3) is 11.3 Å². The molecule has 0 aliphatic carbocycles. The Hall–Kier alpha value is -1.79. The molecular weight excluding hydrogens is 262 g/mol. The Morgan fingerprint density at radius 1 is 1.32 bits per heavy atom. The van der Waals surface area contributed by atoms with Crippen LogP contribution in [0.3, 0.4) is 0 Å². The molecule has 19 heavy (non-hydrogen) atoms. The summed E-state index contributed by atoms with van der Waals surface area (Å²) in [5, 5.41) is 0. The molecule has 0 atom stereocenters. The Bertz CT molecular complexity index is 613. The Morgan fingerprint density at radius 2 is 2.16 bits per heavy atom. The van der Waals surface area contributed by atoms with Gasteiger partial charge in [0, 0.05) is 18.4 Å². The molecule has 2 aromatic rings. The number of aromatic amines is 1. The van der Waals surface area contributed by atoms with Crippen molar-refractivity contribution >= 4 is 12.2 Å². The summed E-state index contributed by atoms with van der Waals surface area (Å²) in [7, 11) is 1.61. The van der Waals surface area contributed by atoms with E-state index in [1.165, 1.54) is 0 Å². The highest BCUT2D eigenvalue weighted by atomic mass is 32.1. The number of pyridine rings is 1. The fourth-order valence-corrected chi connectivity index (χ4v) is 1.84. The molecule has 6 heteroatoms. The lowest BCUT2D eigenvalue weighted by Crippen LogP contribution is -2.00. The maximum absolute atomic E-state index is 5.33. The van der Waals surface area contributed by atoms with Crippen LogP contribution in [0.5, 0.6) is 5.75 Å². The van der Waals surface area contributed by atoms with Crippen LogP contribution in [0.2, 0.25) is 0 Å². The van der Waals surface area contributed by atoms with Crippen molar-refractivity contribution in [2.24, 2.45) is 0 Å². The highest BCUT2D eigenvalue weighted by molar-refractivity contribution is 7.71. The zero-order valence-electron chi connectivity index (χ0n) is 10.8. The molecule has 2 aromatic heterocycles. The Morgan fingerprint density at radius 3 is 2.89 bits per heavy atom. The fraction of sp³-hybridized carbons (Fsp3) is 0.308. The molecule has 0 amide bonds. The van der Waals surface area contributed by atoms with Crippen molar-refractivity contribution in [2.45, 2.75) is 13.5 Å². The van der Waals surface area contributed by atoms with Gasteiger partial charge in [-0.2, -0.15) is 0 Å². The maximum atomic E-state index is 5.33. The van der Waals surface area contributed by atoms with Gasteiger partial charge < -0.3 is 14.5 Å². The molecule has 0 saturated heterocycles. The summed E-state index contributed by atoms with van der Waals surface area (Å²) in [4.78, 5) is 11.5. The standard InChI is InChI=1S/C13H15N3O2S/c1-3-18-8-12-15-11(5-13(19)16-12)9-4-10(17-2)7-14-6-9/h4-7H,3,8H2,1-2H3,(H,15,16,19). The second-order valence-electron chi connectivity index (χ2n) is 3.83. The molecule has 0 aliphatic heterocycles. The van der Waals surface area contributed by atoms with Crippen molar-refractivity contribution in [2.75, 3.05) is 13.7 Å². The molecule has 2 rings (SSSR count). The number of nitrogens with one attached hydrogen (secondary N) is 1. The van der Waals surface area contributed by atoms with Crippen molar-refractivity contribution in [1.29, 1.82) is 0 Å². The van der Waals surface area contributed by atoms with Crippen LogP contribution in [-0.4, -0.2) is 28.7 Å². The summed E-state index contributed by atoms with van der Waals surface area (Å²) in [5.41, 5.74) is 1.74. The smallest absolute Gasteiger partial charge is 0.137 e. The summed E-state index contributed by atoms with van der Waals surface area (Å²) in [6.07, 6.45) is 3.40. The van der Waals surface area contributed by atoms with Crippen molar-refractivity contribution < 1.29 is 9.47 Å². The molecule has 2 heterocycles. The van der Waals surface area contributed by atoms with Crippen LogP contribution in [0.1, 0.15) is 12.7 Å².